The fraction of sp³-hybridized carbons (Fsp3) is 0.200. The lowest BCUT2D eigenvalue weighted by Crippen LogP contribution is -2.21. The fourth-order valence-electron chi connectivity index (χ4n) is 4.81. The molecule has 7 nitrogen and oxygen atoms in total. The topological polar surface area (TPSA) is 83.2 Å². The van der Waals surface area contributed by atoms with Crippen LogP contribution in [0.25, 0.3) is 22.6 Å². The van der Waals surface area contributed by atoms with Crippen molar-refractivity contribution < 1.29 is 13.3 Å². The van der Waals surface area contributed by atoms with Crippen molar-refractivity contribution in [2.75, 3.05) is 0 Å². The number of hydrazone groups is 1. The molecule has 0 saturated heterocycles. The molecule has 9 heteroatoms. The molecule has 0 atom stereocenters. The van der Waals surface area contributed by atoms with E-state index in [-0.39, 0.29) is 11.4 Å². The Morgan fingerprint density at radius 3 is 2.49 bits per heavy atom. The summed E-state index contributed by atoms with van der Waals surface area (Å²) >= 11 is 0. The van der Waals surface area contributed by atoms with Gasteiger partial charge in [0.25, 0.3) is 0 Å². The number of pyridine rings is 1. The summed E-state index contributed by atoms with van der Waals surface area (Å²) in [5.41, 5.74) is 7.81. The molecule has 0 unspecified atom stereocenters. The van der Waals surface area contributed by atoms with Gasteiger partial charge in [-0.05, 0) is 62.1 Å². The van der Waals surface area contributed by atoms with E-state index >= 15 is 0 Å². The SMILES string of the molecule is Cc1cc(CCc2ccc(-c3cc(CN4Cc5nc(-c6cccc(F)c6F)[nH]c5C=N4)on3)cc2)cc(C)n1. The molecule has 3 aromatic heterocycles. The van der Waals surface area contributed by atoms with Crippen molar-refractivity contribution in [3.63, 3.8) is 0 Å². The normalized spacial score (nSPS) is 12.7. The van der Waals surface area contributed by atoms with E-state index in [2.05, 4.69) is 61.6 Å². The molecule has 1 aliphatic rings. The lowest BCUT2D eigenvalue weighted by molar-refractivity contribution is 0.229. The number of aromatic amines is 1. The van der Waals surface area contributed by atoms with Gasteiger partial charge in [-0.15, -0.1) is 0 Å². The summed E-state index contributed by atoms with van der Waals surface area (Å²) in [6, 6.07) is 18.6. The van der Waals surface area contributed by atoms with Gasteiger partial charge in [-0.1, -0.05) is 35.5 Å². The number of fused-ring (bicyclic) bond motifs is 1. The van der Waals surface area contributed by atoms with Gasteiger partial charge in [-0.25, -0.2) is 13.8 Å². The Balaban J connectivity index is 1.08. The molecule has 196 valence electrons. The summed E-state index contributed by atoms with van der Waals surface area (Å²) in [4.78, 5) is 11.9. The second-order valence-corrected chi connectivity index (χ2v) is 9.75. The van der Waals surface area contributed by atoms with E-state index in [4.69, 9.17) is 4.52 Å². The van der Waals surface area contributed by atoms with E-state index in [9.17, 15) is 8.78 Å². The van der Waals surface area contributed by atoms with Gasteiger partial charge >= 0.3 is 0 Å². The minimum atomic E-state index is -0.932. The maximum Gasteiger partial charge on any atom is 0.169 e. The monoisotopic (exact) mass is 524 g/mol. The van der Waals surface area contributed by atoms with E-state index in [1.807, 2.05) is 19.9 Å². The van der Waals surface area contributed by atoms with Gasteiger partial charge in [-0.3, -0.25) is 9.99 Å². The van der Waals surface area contributed by atoms with Crippen molar-refractivity contribution in [2.24, 2.45) is 5.10 Å². The van der Waals surface area contributed by atoms with Gasteiger partial charge in [0.05, 0.1) is 36.3 Å². The van der Waals surface area contributed by atoms with E-state index in [1.54, 1.807) is 11.2 Å². The van der Waals surface area contributed by atoms with Crippen LogP contribution in [0.3, 0.4) is 0 Å². The number of nitrogens with one attached hydrogen (secondary N) is 1. The van der Waals surface area contributed by atoms with Crippen molar-refractivity contribution in [1.29, 1.82) is 0 Å². The minimum absolute atomic E-state index is 0.0813. The summed E-state index contributed by atoms with van der Waals surface area (Å²) < 4.78 is 33.4. The Kier molecular flexibility index (Phi) is 6.48. The molecule has 6 rings (SSSR count). The Morgan fingerprint density at radius 1 is 0.923 bits per heavy atom. The summed E-state index contributed by atoms with van der Waals surface area (Å²) in [6.07, 6.45) is 3.53. The van der Waals surface area contributed by atoms with Crippen molar-refractivity contribution in [1.82, 2.24) is 25.1 Å². The van der Waals surface area contributed by atoms with E-state index < -0.39 is 11.6 Å². The average Bonchev–Trinajstić information content (AvgIpc) is 3.56. The third-order valence-corrected chi connectivity index (χ3v) is 6.69. The average molecular weight is 525 g/mol. The summed E-state index contributed by atoms with van der Waals surface area (Å²) in [5.74, 6) is -0.923. The zero-order chi connectivity index (χ0) is 26.9. The summed E-state index contributed by atoms with van der Waals surface area (Å²) in [5, 5.41) is 10.5. The van der Waals surface area contributed by atoms with Gasteiger partial charge in [0.15, 0.2) is 17.4 Å². The number of hydrogen-bond donors (Lipinski definition) is 1. The van der Waals surface area contributed by atoms with Crippen LogP contribution >= 0.6 is 0 Å². The highest BCUT2D eigenvalue weighted by molar-refractivity contribution is 5.80. The van der Waals surface area contributed by atoms with Gasteiger partial charge in [0, 0.05) is 23.0 Å². The maximum absolute atomic E-state index is 14.2. The number of nitrogens with zero attached hydrogens (tertiary/aromatic N) is 5. The zero-order valence-corrected chi connectivity index (χ0v) is 21.6. The van der Waals surface area contributed by atoms with Gasteiger partial charge < -0.3 is 9.51 Å². The van der Waals surface area contributed by atoms with Crippen molar-refractivity contribution in [3.8, 4) is 22.6 Å². The zero-order valence-electron chi connectivity index (χ0n) is 21.6. The number of imidazole rings is 1. The molecular weight excluding hydrogens is 498 g/mol. The Morgan fingerprint density at radius 2 is 1.69 bits per heavy atom. The summed E-state index contributed by atoms with van der Waals surface area (Å²) in [6.45, 7) is 4.83. The van der Waals surface area contributed by atoms with Gasteiger partial charge in [0.1, 0.15) is 11.5 Å². The summed E-state index contributed by atoms with van der Waals surface area (Å²) in [7, 11) is 0. The molecule has 4 heterocycles. The third kappa shape index (κ3) is 5.34. The van der Waals surface area contributed by atoms with Crippen LogP contribution < -0.4 is 0 Å². The molecule has 0 aliphatic carbocycles. The quantitative estimate of drug-likeness (QED) is 0.276. The predicted molar refractivity (Wildman–Crippen MR) is 144 cm³/mol. The van der Waals surface area contributed by atoms with Crippen LogP contribution in [0.4, 0.5) is 8.78 Å². The molecule has 0 bridgehead atoms. The number of hydrogen-bond acceptors (Lipinski definition) is 6. The number of halogens is 2. The van der Waals surface area contributed by atoms with Crippen molar-refractivity contribution in [2.45, 2.75) is 39.8 Å². The molecule has 39 heavy (non-hydrogen) atoms. The van der Waals surface area contributed by atoms with Crippen molar-refractivity contribution >= 4 is 6.21 Å². The second-order valence-electron chi connectivity index (χ2n) is 9.75. The van der Waals surface area contributed by atoms with E-state index in [0.717, 1.165) is 41.6 Å². The first kappa shape index (κ1) is 24.7. The largest absolute Gasteiger partial charge is 0.359 e. The van der Waals surface area contributed by atoms with Crippen LogP contribution in [0.2, 0.25) is 0 Å². The highest BCUT2D eigenvalue weighted by atomic mass is 19.2. The van der Waals surface area contributed by atoms with E-state index in [0.29, 0.717) is 30.2 Å². The third-order valence-electron chi connectivity index (χ3n) is 6.69. The molecule has 1 aliphatic heterocycles. The standard InChI is InChI=1S/C30H26F2N6O/c1-18-12-21(13-19(2)34-18)7-6-20-8-10-22(11-9-20)26-14-23(39-37-26)16-38-17-28-27(15-33-38)35-30(36-28)24-4-3-5-25(31)29(24)32/h3-5,8-15H,6-7,16-17H2,1-2H3,(H,35,36). The number of benzene rings is 2. The lowest BCUT2D eigenvalue weighted by Gasteiger charge is -2.19. The van der Waals surface area contributed by atoms with Gasteiger partial charge in [0.2, 0.25) is 0 Å². The van der Waals surface area contributed by atoms with Crippen LogP contribution in [0, 0.1) is 25.5 Å². The predicted octanol–water partition coefficient (Wildman–Crippen LogP) is 6.16. The molecule has 0 radical (unpaired) electrons. The number of H-pyrrole nitrogens is 1. The lowest BCUT2D eigenvalue weighted by atomic mass is 10.0. The molecule has 0 amide bonds. The number of aromatic nitrogens is 4. The first-order chi connectivity index (χ1) is 18.9. The highest BCUT2D eigenvalue weighted by Crippen LogP contribution is 2.26. The minimum Gasteiger partial charge on any atom is -0.359 e. The second kappa shape index (κ2) is 10.2. The Bertz CT molecular complexity index is 1650. The van der Waals surface area contributed by atoms with Gasteiger partial charge in [-0.2, -0.15) is 5.10 Å². The van der Waals surface area contributed by atoms with Crippen LogP contribution in [-0.2, 0) is 25.9 Å². The van der Waals surface area contributed by atoms with Crippen LogP contribution in [0.5, 0.6) is 0 Å². The first-order valence-corrected chi connectivity index (χ1v) is 12.7. The Labute approximate surface area is 224 Å². The fourth-order valence-corrected chi connectivity index (χ4v) is 4.81. The molecule has 0 spiro atoms. The number of rotatable bonds is 7. The molecule has 2 aromatic carbocycles. The first-order valence-electron chi connectivity index (χ1n) is 12.7. The smallest absolute Gasteiger partial charge is 0.169 e. The molecule has 5 aromatic rings. The maximum atomic E-state index is 14.2. The highest BCUT2D eigenvalue weighted by Gasteiger charge is 2.21. The molecule has 0 fully saturated rings. The molecular formula is C30H26F2N6O. The number of aryl methyl sites for hydroxylation is 4. The Hall–Kier alpha value is -4.66. The van der Waals surface area contributed by atoms with Crippen LogP contribution in [0.1, 0.15) is 39.7 Å². The van der Waals surface area contributed by atoms with Crippen LogP contribution in [0.15, 0.2) is 70.3 Å². The molecule has 1 N–H and O–H groups in total. The van der Waals surface area contributed by atoms with Crippen molar-refractivity contribution in [3.05, 3.63) is 112 Å². The van der Waals surface area contributed by atoms with E-state index in [1.165, 1.54) is 23.3 Å². The molecule has 0 saturated carbocycles. The van der Waals surface area contributed by atoms with Crippen LogP contribution in [-0.4, -0.2) is 31.3 Å².